The van der Waals surface area contributed by atoms with Crippen LogP contribution in [0.4, 0.5) is 11.8 Å². The van der Waals surface area contributed by atoms with Gasteiger partial charge in [-0.3, -0.25) is 5.32 Å². The van der Waals surface area contributed by atoms with Crippen LogP contribution in [0, 0.1) is 0 Å². The summed E-state index contributed by atoms with van der Waals surface area (Å²) in [7, 11) is 1.68. The largest absolute Gasteiger partial charge is 0.383 e. The van der Waals surface area contributed by atoms with E-state index in [-0.39, 0.29) is 0 Å². The van der Waals surface area contributed by atoms with Crippen LogP contribution in [0.2, 0.25) is 0 Å². The van der Waals surface area contributed by atoms with Crippen molar-refractivity contribution in [1.82, 2.24) is 15.3 Å². The molecule has 16 heavy (non-hydrogen) atoms. The van der Waals surface area contributed by atoms with Gasteiger partial charge in [0.25, 0.3) is 0 Å². The zero-order chi connectivity index (χ0) is 11.2. The summed E-state index contributed by atoms with van der Waals surface area (Å²) in [5.41, 5.74) is 0. The number of nitrogens with one attached hydrogen (secondary N) is 2. The van der Waals surface area contributed by atoms with E-state index >= 15 is 0 Å². The molecule has 2 heterocycles. The fraction of sp³-hybridized carbons (Fsp3) is 0.600. The van der Waals surface area contributed by atoms with Crippen LogP contribution in [0.25, 0.3) is 0 Å². The fourth-order valence-corrected chi connectivity index (χ4v) is 1.58. The van der Waals surface area contributed by atoms with Crippen LogP contribution in [0.3, 0.4) is 0 Å². The SMILES string of the molecule is COCCNc1nccc(N2CCNC2)n1. The molecular weight excluding hydrogens is 206 g/mol. The van der Waals surface area contributed by atoms with E-state index < -0.39 is 0 Å². The van der Waals surface area contributed by atoms with Crippen LogP contribution in [0.5, 0.6) is 0 Å². The van der Waals surface area contributed by atoms with Gasteiger partial charge in [-0.05, 0) is 6.07 Å². The highest BCUT2D eigenvalue weighted by atomic mass is 16.5. The molecule has 0 atom stereocenters. The lowest BCUT2D eigenvalue weighted by molar-refractivity contribution is 0.210. The maximum absolute atomic E-state index is 4.96. The average molecular weight is 223 g/mol. The van der Waals surface area contributed by atoms with Gasteiger partial charge in [-0.25, -0.2) is 4.98 Å². The van der Waals surface area contributed by atoms with Crippen LogP contribution in [0.15, 0.2) is 12.3 Å². The first kappa shape index (κ1) is 11.1. The van der Waals surface area contributed by atoms with Gasteiger partial charge in [0.05, 0.1) is 13.3 Å². The van der Waals surface area contributed by atoms with Gasteiger partial charge in [0.2, 0.25) is 5.95 Å². The molecule has 1 aromatic rings. The topological polar surface area (TPSA) is 62.3 Å². The second-order valence-electron chi connectivity index (χ2n) is 3.58. The molecule has 1 saturated heterocycles. The van der Waals surface area contributed by atoms with Crippen molar-refractivity contribution in [3.63, 3.8) is 0 Å². The van der Waals surface area contributed by atoms with Gasteiger partial charge >= 0.3 is 0 Å². The second-order valence-corrected chi connectivity index (χ2v) is 3.58. The molecule has 6 nitrogen and oxygen atoms in total. The van der Waals surface area contributed by atoms with Crippen LogP contribution >= 0.6 is 0 Å². The first-order valence-electron chi connectivity index (χ1n) is 5.41. The number of hydrogen-bond acceptors (Lipinski definition) is 6. The van der Waals surface area contributed by atoms with Crippen LogP contribution in [-0.4, -0.2) is 50.0 Å². The van der Waals surface area contributed by atoms with E-state index in [9.17, 15) is 0 Å². The van der Waals surface area contributed by atoms with Crippen molar-refractivity contribution in [2.75, 3.05) is 50.2 Å². The third-order valence-electron chi connectivity index (χ3n) is 2.42. The molecule has 88 valence electrons. The summed E-state index contributed by atoms with van der Waals surface area (Å²) in [5, 5.41) is 6.38. The number of ether oxygens (including phenoxy) is 1. The zero-order valence-corrected chi connectivity index (χ0v) is 9.44. The normalized spacial score (nSPS) is 15.4. The summed E-state index contributed by atoms with van der Waals surface area (Å²) in [4.78, 5) is 10.8. The Labute approximate surface area is 95.0 Å². The molecule has 6 heteroatoms. The van der Waals surface area contributed by atoms with Gasteiger partial charge in [-0.15, -0.1) is 0 Å². The second kappa shape index (κ2) is 5.62. The predicted molar refractivity (Wildman–Crippen MR) is 62.6 cm³/mol. The number of hydrogen-bond donors (Lipinski definition) is 2. The lowest BCUT2D eigenvalue weighted by Crippen LogP contribution is -2.22. The van der Waals surface area contributed by atoms with Gasteiger partial charge in [-0.1, -0.05) is 0 Å². The number of nitrogens with zero attached hydrogens (tertiary/aromatic N) is 3. The fourth-order valence-electron chi connectivity index (χ4n) is 1.58. The molecule has 0 bridgehead atoms. The van der Waals surface area contributed by atoms with Crippen molar-refractivity contribution in [1.29, 1.82) is 0 Å². The predicted octanol–water partition coefficient (Wildman–Crippen LogP) is -0.0980. The van der Waals surface area contributed by atoms with Crippen molar-refractivity contribution < 1.29 is 4.74 Å². The van der Waals surface area contributed by atoms with E-state index in [1.54, 1.807) is 13.3 Å². The minimum atomic E-state index is 0.652. The highest BCUT2D eigenvalue weighted by molar-refractivity contribution is 5.43. The first-order chi connectivity index (χ1) is 7.90. The Hall–Kier alpha value is -1.40. The molecule has 1 aliphatic rings. The summed E-state index contributed by atoms with van der Waals surface area (Å²) in [6.45, 7) is 4.23. The van der Waals surface area contributed by atoms with Crippen LogP contribution in [-0.2, 0) is 4.74 Å². The first-order valence-corrected chi connectivity index (χ1v) is 5.41. The van der Waals surface area contributed by atoms with Crippen molar-refractivity contribution >= 4 is 11.8 Å². The van der Waals surface area contributed by atoms with Gasteiger partial charge in [-0.2, -0.15) is 4.98 Å². The van der Waals surface area contributed by atoms with Crippen LogP contribution < -0.4 is 15.5 Å². The minimum Gasteiger partial charge on any atom is -0.383 e. The van der Waals surface area contributed by atoms with Gasteiger partial charge < -0.3 is 15.0 Å². The van der Waals surface area contributed by atoms with E-state index in [1.807, 2.05) is 6.07 Å². The molecular formula is C10H17N5O. The molecule has 1 aliphatic heterocycles. The molecule has 2 rings (SSSR count). The van der Waals surface area contributed by atoms with E-state index in [0.717, 1.165) is 32.1 Å². The Kier molecular flexibility index (Phi) is 3.90. The number of rotatable bonds is 5. The molecule has 1 fully saturated rings. The molecule has 0 radical (unpaired) electrons. The van der Waals surface area contributed by atoms with Gasteiger partial charge in [0.1, 0.15) is 5.82 Å². The maximum atomic E-state index is 4.96. The van der Waals surface area contributed by atoms with E-state index in [4.69, 9.17) is 4.74 Å². The lowest BCUT2D eigenvalue weighted by Gasteiger charge is -2.15. The van der Waals surface area contributed by atoms with Crippen molar-refractivity contribution in [3.8, 4) is 0 Å². The van der Waals surface area contributed by atoms with Gasteiger partial charge in [0, 0.05) is 32.9 Å². The molecule has 0 spiro atoms. The van der Waals surface area contributed by atoms with E-state index in [1.165, 1.54) is 0 Å². The molecule has 0 amide bonds. The third-order valence-corrected chi connectivity index (χ3v) is 2.42. The maximum Gasteiger partial charge on any atom is 0.224 e. The standard InChI is InChI=1S/C10H17N5O/c1-16-7-5-13-10-12-3-2-9(14-10)15-6-4-11-8-15/h2-3,11H,4-8H2,1H3,(H,12,13,14). The molecule has 0 unspecified atom stereocenters. The lowest BCUT2D eigenvalue weighted by atomic mass is 10.5. The summed E-state index contributed by atoms with van der Waals surface area (Å²) < 4.78 is 4.96. The summed E-state index contributed by atoms with van der Waals surface area (Å²) in [5.74, 6) is 1.61. The summed E-state index contributed by atoms with van der Waals surface area (Å²) in [6, 6.07) is 1.93. The molecule has 0 aromatic carbocycles. The van der Waals surface area contributed by atoms with E-state index in [0.29, 0.717) is 12.6 Å². The average Bonchev–Trinajstić information content (AvgIpc) is 2.83. The molecule has 2 N–H and O–H groups in total. The highest BCUT2D eigenvalue weighted by Crippen LogP contribution is 2.12. The number of anilines is 2. The van der Waals surface area contributed by atoms with E-state index in [2.05, 4.69) is 25.5 Å². The zero-order valence-electron chi connectivity index (χ0n) is 9.44. The monoisotopic (exact) mass is 223 g/mol. The Morgan fingerprint density at radius 2 is 2.56 bits per heavy atom. The van der Waals surface area contributed by atoms with Gasteiger partial charge in [0.15, 0.2) is 0 Å². The van der Waals surface area contributed by atoms with Crippen LogP contribution in [0.1, 0.15) is 0 Å². The Morgan fingerprint density at radius 1 is 1.62 bits per heavy atom. The van der Waals surface area contributed by atoms with Crippen molar-refractivity contribution in [2.24, 2.45) is 0 Å². The quantitative estimate of drug-likeness (QED) is 0.680. The Morgan fingerprint density at radius 3 is 3.31 bits per heavy atom. The molecule has 0 aliphatic carbocycles. The summed E-state index contributed by atoms with van der Waals surface area (Å²) >= 11 is 0. The highest BCUT2D eigenvalue weighted by Gasteiger charge is 2.12. The third kappa shape index (κ3) is 2.80. The Bertz CT molecular complexity index is 327. The minimum absolute atomic E-state index is 0.652. The Balaban J connectivity index is 1.95. The molecule has 1 aromatic heterocycles. The van der Waals surface area contributed by atoms with Crippen molar-refractivity contribution in [3.05, 3.63) is 12.3 Å². The summed E-state index contributed by atoms with van der Waals surface area (Å²) in [6.07, 6.45) is 1.77. The number of methoxy groups -OCH3 is 1. The number of aromatic nitrogens is 2. The van der Waals surface area contributed by atoms with Crippen molar-refractivity contribution in [2.45, 2.75) is 0 Å². The molecule has 0 saturated carbocycles. The smallest absolute Gasteiger partial charge is 0.224 e.